The van der Waals surface area contributed by atoms with Crippen LogP contribution >= 0.6 is 0 Å². The van der Waals surface area contributed by atoms with Crippen molar-refractivity contribution in [2.24, 2.45) is 0 Å². The Labute approximate surface area is 156 Å². The number of anilines is 1. The first-order chi connectivity index (χ1) is 12.8. The molecule has 140 valence electrons. The summed E-state index contributed by atoms with van der Waals surface area (Å²) >= 11 is 0. The molecule has 0 atom stereocenters. The Bertz CT molecular complexity index is 912. The van der Waals surface area contributed by atoms with Crippen molar-refractivity contribution in [2.75, 3.05) is 11.4 Å². The fraction of sp³-hybridized carbons (Fsp3) is 0.350. The lowest BCUT2D eigenvalue weighted by molar-refractivity contribution is -0.134. The maximum atomic E-state index is 12.9. The van der Waals surface area contributed by atoms with Gasteiger partial charge in [0.25, 0.3) is 5.91 Å². The average Bonchev–Trinajstić information content (AvgIpc) is 3.26. The number of carbonyl (C=O) groups excluding carboxylic acids is 3. The molecule has 7 heteroatoms. The molecule has 1 aliphatic heterocycles. The molecule has 7 nitrogen and oxygen atoms in total. The number of rotatable bonds is 5. The maximum Gasteiger partial charge on any atom is 0.271 e. The van der Waals surface area contributed by atoms with Gasteiger partial charge < -0.3 is 14.5 Å². The van der Waals surface area contributed by atoms with Crippen molar-refractivity contribution in [3.8, 4) is 5.75 Å². The van der Waals surface area contributed by atoms with Crippen LogP contribution in [0.25, 0.3) is 0 Å². The van der Waals surface area contributed by atoms with Crippen LogP contribution in [-0.2, 0) is 9.59 Å². The highest BCUT2D eigenvalue weighted by molar-refractivity contribution is 6.10. The van der Waals surface area contributed by atoms with E-state index in [1.807, 2.05) is 0 Å². The number of benzene rings is 1. The minimum atomic E-state index is -1.10. The molecule has 1 aromatic carbocycles. The Morgan fingerprint density at radius 1 is 1.26 bits per heavy atom. The molecule has 1 fully saturated rings. The first-order valence-electron chi connectivity index (χ1n) is 8.88. The van der Waals surface area contributed by atoms with Crippen LogP contribution in [-0.4, -0.2) is 35.8 Å². The average molecular weight is 368 g/mol. The summed E-state index contributed by atoms with van der Waals surface area (Å²) in [5.74, 6) is -0.200. The lowest BCUT2D eigenvalue weighted by Gasteiger charge is -2.38. The maximum absolute atomic E-state index is 12.9. The van der Waals surface area contributed by atoms with Crippen molar-refractivity contribution >= 4 is 23.3 Å². The lowest BCUT2D eigenvalue weighted by atomic mass is 10.0. The Morgan fingerprint density at radius 2 is 2.04 bits per heavy atom. The molecular weight excluding hydrogens is 348 g/mol. The number of hydrogen-bond donors (Lipinski definition) is 1. The molecule has 0 unspecified atom stereocenters. The van der Waals surface area contributed by atoms with Crippen molar-refractivity contribution < 1.29 is 23.5 Å². The van der Waals surface area contributed by atoms with E-state index in [1.54, 1.807) is 44.2 Å². The Balaban J connectivity index is 1.68. The van der Waals surface area contributed by atoms with E-state index in [0.717, 1.165) is 12.8 Å². The van der Waals surface area contributed by atoms with Gasteiger partial charge in [0.1, 0.15) is 12.3 Å². The molecular formula is C20H20N2O5. The Kier molecular flexibility index (Phi) is 4.02. The Morgan fingerprint density at radius 3 is 2.70 bits per heavy atom. The second-order valence-electron chi connectivity index (χ2n) is 7.33. The molecule has 1 aromatic heterocycles. The van der Waals surface area contributed by atoms with Crippen molar-refractivity contribution in [3.05, 3.63) is 47.9 Å². The highest BCUT2D eigenvalue weighted by Crippen LogP contribution is 2.38. The summed E-state index contributed by atoms with van der Waals surface area (Å²) in [6.07, 6.45) is 3.36. The van der Waals surface area contributed by atoms with Crippen molar-refractivity contribution in [2.45, 2.75) is 38.3 Å². The van der Waals surface area contributed by atoms with Gasteiger partial charge in [-0.15, -0.1) is 0 Å². The van der Waals surface area contributed by atoms with Gasteiger partial charge in [-0.3, -0.25) is 19.3 Å². The normalized spacial score (nSPS) is 17.9. The fourth-order valence-corrected chi connectivity index (χ4v) is 3.06. The van der Waals surface area contributed by atoms with E-state index in [9.17, 15) is 14.4 Å². The standard InChI is InChI=1S/C20H20N2O5/c1-20(2)19(25)22(11-17(23)21-13-6-7-13)14-10-12(5-8-15(14)27-20)18(24)16-4-3-9-26-16/h3-5,8-10,13H,6-7,11H2,1-2H3,(H,21,23). The van der Waals surface area contributed by atoms with E-state index in [1.165, 1.54) is 11.2 Å². The second kappa shape index (κ2) is 6.26. The predicted octanol–water partition coefficient (Wildman–Crippen LogP) is 2.29. The number of hydrogen-bond acceptors (Lipinski definition) is 5. The van der Waals surface area contributed by atoms with Crippen LogP contribution in [0.3, 0.4) is 0 Å². The minimum Gasteiger partial charge on any atom is -0.476 e. The monoisotopic (exact) mass is 368 g/mol. The van der Waals surface area contributed by atoms with Gasteiger partial charge in [-0.2, -0.15) is 0 Å². The molecule has 0 radical (unpaired) electrons. The SMILES string of the molecule is CC1(C)Oc2ccc(C(=O)c3ccco3)cc2N(CC(=O)NC2CC2)C1=O. The van der Waals surface area contributed by atoms with Gasteiger partial charge in [0.2, 0.25) is 11.7 Å². The molecule has 0 bridgehead atoms. The largest absolute Gasteiger partial charge is 0.476 e. The van der Waals surface area contributed by atoms with Crippen molar-refractivity contribution in [3.63, 3.8) is 0 Å². The molecule has 0 spiro atoms. The van der Waals surface area contributed by atoms with E-state index < -0.39 is 5.60 Å². The minimum absolute atomic E-state index is 0.118. The summed E-state index contributed by atoms with van der Waals surface area (Å²) in [6.45, 7) is 3.20. The van der Waals surface area contributed by atoms with Crippen molar-refractivity contribution in [1.82, 2.24) is 5.32 Å². The fourth-order valence-electron chi connectivity index (χ4n) is 3.06. The summed E-state index contributed by atoms with van der Waals surface area (Å²) in [4.78, 5) is 39.1. The van der Waals surface area contributed by atoms with E-state index in [4.69, 9.17) is 9.15 Å². The van der Waals surface area contributed by atoms with Gasteiger partial charge in [-0.05, 0) is 57.0 Å². The molecule has 0 saturated heterocycles. The molecule has 4 rings (SSSR count). The number of carbonyl (C=O) groups is 3. The summed E-state index contributed by atoms with van der Waals surface area (Å²) in [5, 5.41) is 2.88. The van der Waals surface area contributed by atoms with Crippen LogP contribution in [0.5, 0.6) is 5.75 Å². The third-order valence-corrected chi connectivity index (χ3v) is 4.63. The first kappa shape index (κ1) is 17.3. The number of ether oxygens (including phenoxy) is 1. The topological polar surface area (TPSA) is 88.8 Å². The number of ketones is 1. The van der Waals surface area contributed by atoms with Gasteiger partial charge >= 0.3 is 0 Å². The van der Waals surface area contributed by atoms with E-state index in [-0.39, 0.29) is 35.9 Å². The van der Waals surface area contributed by atoms with Crippen LogP contribution in [0.2, 0.25) is 0 Å². The molecule has 2 heterocycles. The van der Waals surface area contributed by atoms with Crippen LogP contribution in [0.1, 0.15) is 42.8 Å². The van der Waals surface area contributed by atoms with E-state index in [2.05, 4.69) is 5.32 Å². The number of nitrogens with zero attached hydrogens (tertiary/aromatic N) is 1. The van der Waals surface area contributed by atoms with Crippen LogP contribution in [0.15, 0.2) is 41.0 Å². The van der Waals surface area contributed by atoms with Gasteiger partial charge in [-0.1, -0.05) is 0 Å². The Hall–Kier alpha value is -3.09. The van der Waals surface area contributed by atoms with Crippen LogP contribution in [0, 0.1) is 0 Å². The first-order valence-corrected chi connectivity index (χ1v) is 8.88. The summed E-state index contributed by atoms with van der Waals surface area (Å²) in [6, 6.07) is 8.25. The summed E-state index contributed by atoms with van der Waals surface area (Å²) in [7, 11) is 0. The molecule has 2 amide bonds. The highest BCUT2D eigenvalue weighted by Gasteiger charge is 2.42. The zero-order valence-electron chi connectivity index (χ0n) is 15.2. The third kappa shape index (κ3) is 3.32. The van der Waals surface area contributed by atoms with Gasteiger partial charge in [0.15, 0.2) is 11.4 Å². The summed E-state index contributed by atoms with van der Waals surface area (Å²) < 4.78 is 11.0. The van der Waals surface area contributed by atoms with Crippen molar-refractivity contribution in [1.29, 1.82) is 0 Å². The third-order valence-electron chi connectivity index (χ3n) is 4.63. The molecule has 27 heavy (non-hydrogen) atoms. The number of nitrogens with one attached hydrogen (secondary N) is 1. The van der Waals surface area contributed by atoms with Crippen LogP contribution < -0.4 is 15.0 Å². The van der Waals surface area contributed by atoms with Gasteiger partial charge in [0, 0.05) is 11.6 Å². The highest BCUT2D eigenvalue weighted by atomic mass is 16.5. The number of furan rings is 1. The molecule has 2 aliphatic rings. The zero-order chi connectivity index (χ0) is 19.2. The quantitative estimate of drug-likeness (QED) is 0.818. The van der Waals surface area contributed by atoms with E-state index in [0.29, 0.717) is 17.0 Å². The van der Waals surface area contributed by atoms with E-state index >= 15 is 0 Å². The zero-order valence-corrected chi connectivity index (χ0v) is 15.2. The van der Waals surface area contributed by atoms with Gasteiger partial charge in [-0.25, -0.2) is 0 Å². The van der Waals surface area contributed by atoms with Gasteiger partial charge in [0.05, 0.1) is 12.0 Å². The van der Waals surface area contributed by atoms with Crippen LogP contribution in [0.4, 0.5) is 5.69 Å². The molecule has 2 aromatic rings. The predicted molar refractivity (Wildman–Crippen MR) is 96.8 cm³/mol. The summed E-state index contributed by atoms with van der Waals surface area (Å²) in [5.41, 5.74) is -0.338. The molecule has 1 N–H and O–H groups in total. The smallest absolute Gasteiger partial charge is 0.271 e. The number of fused-ring (bicyclic) bond motifs is 1. The lowest BCUT2D eigenvalue weighted by Crippen LogP contribution is -2.55. The second-order valence-corrected chi connectivity index (χ2v) is 7.33. The molecule has 1 saturated carbocycles. The number of amides is 2. The molecule has 1 aliphatic carbocycles.